The van der Waals surface area contributed by atoms with Gasteiger partial charge in [-0.1, -0.05) is 36.4 Å². The topological polar surface area (TPSA) is 46.5 Å². The van der Waals surface area contributed by atoms with Crippen LogP contribution in [0.4, 0.5) is 0 Å². The number of hydrogen-bond donors (Lipinski definition) is 1. The molecule has 0 fully saturated rings. The average molecular weight is 276 g/mol. The van der Waals surface area contributed by atoms with E-state index in [2.05, 4.69) is 6.07 Å². The Bertz CT molecular complexity index is 493. The summed E-state index contributed by atoms with van der Waals surface area (Å²) >= 11 is 1.69. The molecule has 0 saturated heterocycles. The molecule has 0 radical (unpaired) electrons. The first-order valence-corrected chi connectivity index (χ1v) is 7.03. The first-order valence-electron chi connectivity index (χ1n) is 6.15. The molecule has 0 amide bonds. The summed E-state index contributed by atoms with van der Waals surface area (Å²) in [5.74, 6) is -1.44. The Morgan fingerprint density at radius 3 is 2.63 bits per heavy atom. The Morgan fingerprint density at radius 1 is 1.21 bits per heavy atom. The van der Waals surface area contributed by atoms with Crippen molar-refractivity contribution in [2.75, 3.05) is 13.2 Å². The van der Waals surface area contributed by atoms with Crippen molar-refractivity contribution >= 4 is 17.3 Å². The van der Waals surface area contributed by atoms with Crippen molar-refractivity contribution < 1.29 is 14.6 Å². The van der Waals surface area contributed by atoms with Crippen molar-refractivity contribution in [1.82, 2.24) is 0 Å². The van der Waals surface area contributed by atoms with E-state index < -0.39 is 11.9 Å². The molecule has 1 N–H and O–H groups in total. The van der Waals surface area contributed by atoms with Crippen molar-refractivity contribution in [3.05, 3.63) is 58.3 Å². The van der Waals surface area contributed by atoms with Crippen molar-refractivity contribution in [3.8, 4) is 0 Å². The fourth-order valence-corrected chi connectivity index (χ4v) is 2.51. The lowest BCUT2D eigenvalue weighted by Crippen LogP contribution is -2.18. The fourth-order valence-electron chi connectivity index (χ4n) is 1.82. The van der Waals surface area contributed by atoms with E-state index in [4.69, 9.17) is 4.74 Å². The molecule has 1 heterocycles. The lowest BCUT2D eigenvalue weighted by Gasteiger charge is -2.12. The number of ether oxygens (including phenoxy) is 1. The maximum absolute atomic E-state index is 11.2. The average Bonchev–Trinajstić information content (AvgIpc) is 2.92. The van der Waals surface area contributed by atoms with E-state index >= 15 is 0 Å². The van der Waals surface area contributed by atoms with Gasteiger partial charge in [0, 0.05) is 11.3 Å². The standard InChI is InChI=1S/C15H16O3S/c16-15(17)14(12-5-2-1-3-6-12)11-18-9-8-13-7-4-10-19-13/h1-7,10,14H,8-9,11H2,(H,16,17). The third kappa shape index (κ3) is 4.19. The SMILES string of the molecule is O=C(O)C(COCCc1cccs1)c1ccccc1. The summed E-state index contributed by atoms with van der Waals surface area (Å²) in [4.78, 5) is 12.5. The first-order chi connectivity index (χ1) is 9.27. The zero-order chi connectivity index (χ0) is 13.5. The molecule has 0 aliphatic rings. The van der Waals surface area contributed by atoms with Crippen molar-refractivity contribution in [3.63, 3.8) is 0 Å². The van der Waals surface area contributed by atoms with Gasteiger partial charge in [-0.3, -0.25) is 4.79 Å². The molecule has 0 aliphatic carbocycles. The molecule has 0 bridgehead atoms. The van der Waals surface area contributed by atoms with E-state index in [-0.39, 0.29) is 6.61 Å². The van der Waals surface area contributed by atoms with E-state index in [1.807, 2.05) is 41.8 Å². The van der Waals surface area contributed by atoms with Gasteiger partial charge in [0.1, 0.15) is 5.92 Å². The van der Waals surface area contributed by atoms with Gasteiger partial charge in [0.25, 0.3) is 0 Å². The number of aliphatic carboxylic acids is 1. The molecule has 3 nitrogen and oxygen atoms in total. The van der Waals surface area contributed by atoms with Crippen LogP contribution in [0.15, 0.2) is 47.8 Å². The zero-order valence-corrected chi connectivity index (χ0v) is 11.3. The van der Waals surface area contributed by atoms with Gasteiger partial charge < -0.3 is 9.84 Å². The van der Waals surface area contributed by atoms with Crippen molar-refractivity contribution in [1.29, 1.82) is 0 Å². The number of thiophene rings is 1. The van der Waals surface area contributed by atoms with Crippen LogP contribution >= 0.6 is 11.3 Å². The summed E-state index contributed by atoms with van der Waals surface area (Å²) in [5.41, 5.74) is 0.783. The van der Waals surface area contributed by atoms with Gasteiger partial charge in [-0.2, -0.15) is 0 Å². The third-order valence-corrected chi connectivity index (χ3v) is 3.79. The second-order valence-electron chi connectivity index (χ2n) is 4.21. The van der Waals surface area contributed by atoms with Gasteiger partial charge in [-0.15, -0.1) is 11.3 Å². The van der Waals surface area contributed by atoms with Gasteiger partial charge in [0.15, 0.2) is 0 Å². The van der Waals surface area contributed by atoms with Crippen LogP contribution in [0.25, 0.3) is 0 Å². The molecule has 0 saturated carbocycles. The van der Waals surface area contributed by atoms with Crippen LogP contribution in [-0.4, -0.2) is 24.3 Å². The third-order valence-electron chi connectivity index (χ3n) is 2.86. The summed E-state index contributed by atoms with van der Waals surface area (Å²) in [6.45, 7) is 0.766. The molecule has 0 spiro atoms. The fraction of sp³-hybridized carbons (Fsp3) is 0.267. The maximum atomic E-state index is 11.2. The minimum absolute atomic E-state index is 0.213. The van der Waals surface area contributed by atoms with Crippen molar-refractivity contribution in [2.24, 2.45) is 0 Å². The van der Waals surface area contributed by atoms with E-state index in [1.165, 1.54) is 4.88 Å². The summed E-state index contributed by atoms with van der Waals surface area (Å²) < 4.78 is 5.51. The number of carboxylic acid groups (broad SMARTS) is 1. The Hall–Kier alpha value is -1.65. The van der Waals surface area contributed by atoms with Crippen LogP contribution in [0, 0.1) is 0 Å². The van der Waals surface area contributed by atoms with Gasteiger partial charge in [0.05, 0.1) is 13.2 Å². The predicted octanol–water partition coefficient (Wildman–Crippen LogP) is 3.18. The van der Waals surface area contributed by atoms with Gasteiger partial charge in [-0.05, 0) is 17.0 Å². The highest BCUT2D eigenvalue weighted by Gasteiger charge is 2.19. The number of carboxylic acids is 1. The normalized spacial score (nSPS) is 12.2. The molecule has 2 rings (SSSR count). The number of hydrogen-bond acceptors (Lipinski definition) is 3. The second-order valence-corrected chi connectivity index (χ2v) is 5.24. The molecule has 2 aromatic rings. The Balaban J connectivity index is 1.83. The highest BCUT2D eigenvalue weighted by molar-refractivity contribution is 7.09. The smallest absolute Gasteiger partial charge is 0.313 e. The van der Waals surface area contributed by atoms with Gasteiger partial charge >= 0.3 is 5.97 Å². The van der Waals surface area contributed by atoms with Crippen LogP contribution in [0.2, 0.25) is 0 Å². The lowest BCUT2D eigenvalue weighted by molar-refractivity contribution is -0.140. The molecule has 1 aromatic carbocycles. The largest absolute Gasteiger partial charge is 0.481 e. The second kappa shape index (κ2) is 7.07. The minimum atomic E-state index is -0.845. The van der Waals surface area contributed by atoms with Crippen LogP contribution < -0.4 is 0 Å². The van der Waals surface area contributed by atoms with E-state index in [0.29, 0.717) is 6.61 Å². The van der Waals surface area contributed by atoms with E-state index in [0.717, 1.165) is 12.0 Å². The summed E-state index contributed by atoms with van der Waals surface area (Å²) in [6, 6.07) is 13.3. The van der Waals surface area contributed by atoms with Gasteiger partial charge in [-0.25, -0.2) is 0 Å². The number of carbonyl (C=O) groups is 1. The molecular formula is C15H16O3S. The van der Waals surface area contributed by atoms with Crippen LogP contribution in [0.3, 0.4) is 0 Å². The molecular weight excluding hydrogens is 260 g/mol. The highest BCUT2D eigenvalue weighted by atomic mass is 32.1. The molecule has 1 atom stereocenters. The van der Waals surface area contributed by atoms with Gasteiger partial charge in [0.2, 0.25) is 0 Å². The molecule has 100 valence electrons. The number of rotatable bonds is 7. The maximum Gasteiger partial charge on any atom is 0.313 e. The van der Waals surface area contributed by atoms with E-state index in [9.17, 15) is 9.90 Å². The Morgan fingerprint density at radius 2 is 2.00 bits per heavy atom. The highest BCUT2D eigenvalue weighted by Crippen LogP contribution is 2.16. The molecule has 19 heavy (non-hydrogen) atoms. The molecule has 0 aliphatic heterocycles. The van der Waals surface area contributed by atoms with Crippen LogP contribution in [0.1, 0.15) is 16.4 Å². The molecule has 1 unspecified atom stereocenters. The first kappa shape index (κ1) is 13.8. The summed E-state index contributed by atoms with van der Waals surface area (Å²) in [7, 11) is 0. The zero-order valence-electron chi connectivity index (χ0n) is 10.5. The quantitative estimate of drug-likeness (QED) is 0.790. The van der Waals surface area contributed by atoms with Crippen molar-refractivity contribution in [2.45, 2.75) is 12.3 Å². The lowest BCUT2D eigenvalue weighted by atomic mass is 10.0. The Kier molecular flexibility index (Phi) is 5.12. The van der Waals surface area contributed by atoms with E-state index in [1.54, 1.807) is 11.3 Å². The molecule has 1 aromatic heterocycles. The predicted molar refractivity (Wildman–Crippen MR) is 75.7 cm³/mol. The molecule has 4 heteroatoms. The minimum Gasteiger partial charge on any atom is -0.481 e. The summed E-state index contributed by atoms with van der Waals surface area (Å²) in [6.07, 6.45) is 0.832. The summed E-state index contributed by atoms with van der Waals surface area (Å²) in [5, 5.41) is 11.3. The van der Waals surface area contributed by atoms with Crippen LogP contribution in [0.5, 0.6) is 0 Å². The van der Waals surface area contributed by atoms with Crippen LogP contribution in [-0.2, 0) is 16.0 Å². The Labute approximate surface area is 116 Å². The monoisotopic (exact) mass is 276 g/mol. The number of benzene rings is 1.